The van der Waals surface area contributed by atoms with Crippen molar-refractivity contribution < 1.29 is 0 Å². The van der Waals surface area contributed by atoms with Crippen molar-refractivity contribution in [3.63, 3.8) is 0 Å². The summed E-state index contributed by atoms with van der Waals surface area (Å²) in [6.07, 6.45) is 1.81. The quantitative estimate of drug-likeness (QED) is 0.914. The first kappa shape index (κ1) is 14.2. The third kappa shape index (κ3) is 4.11. The van der Waals surface area contributed by atoms with E-state index >= 15 is 0 Å². The molecule has 0 bridgehead atoms. The van der Waals surface area contributed by atoms with E-state index < -0.39 is 0 Å². The first-order valence-corrected chi connectivity index (χ1v) is 7.23. The van der Waals surface area contributed by atoms with Gasteiger partial charge in [0.2, 0.25) is 0 Å². The Morgan fingerprint density at radius 1 is 1.21 bits per heavy atom. The standard InChI is InChI=1S/C15H18BrN3/c1-11(2)9-17-10-12-7-8-18-15(19-12)13-5-3-4-6-14(13)16/h3-8,11,17H,9-10H2,1-2H3. The highest BCUT2D eigenvalue weighted by molar-refractivity contribution is 9.10. The molecule has 0 fully saturated rings. The predicted molar refractivity (Wildman–Crippen MR) is 81.7 cm³/mol. The van der Waals surface area contributed by atoms with Gasteiger partial charge in [-0.2, -0.15) is 0 Å². The van der Waals surface area contributed by atoms with Crippen molar-refractivity contribution in [2.75, 3.05) is 6.54 Å². The zero-order valence-electron chi connectivity index (χ0n) is 11.2. The molecular weight excluding hydrogens is 302 g/mol. The molecule has 0 radical (unpaired) electrons. The monoisotopic (exact) mass is 319 g/mol. The lowest BCUT2D eigenvalue weighted by atomic mass is 10.2. The van der Waals surface area contributed by atoms with Crippen LogP contribution in [0, 0.1) is 5.92 Å². The van der Waals surface area contributed by atoms with Crippen LogP contribution in [-0.4, -0.2) is 16.5 Å². The number of nitrogens with one attached hydrogen (secondary N) is 1. The lowest BCUT2D eigenvalue weighted by Gasteiger charge is -2.08. The number of aromatic nitrogens is 2. The second kappa shape index (κ2) is 6.78. The van der Waals surface area contributed by atoms with Gasteiger partial charge in [-0.3, -0.25) is 0 Å². The van der Waals surface area contributed by atoms with E-state index in [0.717, 1.165) is 34.6 Å². The summed E-state index contributed by atoms with van der Waals surface area (Å²) >= 11 is 3.53. The number of nitrogens with zero attached hydrogens (tertiary/aromatic N) is 2. The summed E-state index contributed by atoms with van der Waals surface area (Å²) in [6, 6.07) is 9.95. The Morgan fingerprint density at radius 3 is 2.74 bits per heavy atom. The highest BCUT2D eigenvalue weighted by atomic mass is 79.9. The van der Waals surface area contributed by atoms with Gasteiger partial charge in [0, 0.05) is 22.8 Å². The first-order chi connectivity index (χ1) is 9.16. The van der Waals surface area contributed by atoms with E-state index in [-0.39, 0.29) is 0 Å². The summed E-state index contributed by atoms with van der Waals surface area (Å²) in [6.45, 7) is 6.16. The Kier molecular flexibility index (Phi) is 5.05. The van der Waals surface area contributed by atoms with Crippen molar-refractivity contribution in [1.29, 1.82) is 0 Å². The van der Waals surface area contributed by atoms with Gasteiger partial charge in [-0.1, -0.05) is 48.0 Å². The minimum Gasteiger partial charge on any atom is -0.311 e. The fourth-order valence-electron chi connectivity index (χ4n) is 1.76. The fraction of sp³-hybridized carbons (Fsp3) is 0.333. The molecule has 4 heteroatoms. The molecule has 0 atom stereocenters. The summed E-state index contributed by atoms with van der Waals surface area (Å²) in [5.74, 6) is 1.40. The summed E-state index contributed by atoms with van der Waals surface area (Å²) in [5.41, 5.74) is 2.04. The highest BCUT2D eigenvalue weighted by Crippen LogP contribution is 2.24. The summed E-state index contributed by atoms with van der Waals surface area (Å²) in [7, 11) is 0. The SMILES string of the molecule is CC(C)CNCc1ccnc(-c2ccccc2Br)n1. The number of hydrogen-bond acceptors (Lipinski definition) is 3. The zero-order valence-corrected chi connectivity index (χ0v) is 12.8. The molecule has 0 saturated heterocycles. The molecule has 1 aromatic heterocycles. The van der Waals surface area contributed by atoms with Crippen LogP contribution in [0.25, 0.3) is 11.4 Å². The largest absolute Gasteiger partial charge is 0.311 e. The number of benzene rings is 1. The van der Waals surface area contributed by atoms with Crippen LogP contribution in [-0.2, 0) is 6.54 Å². The Bertz CT molecular complexity index is 540. The van der Waals surface area contributed by atoms with Crippen LogP contribution in [0.1, 0.15) is 19.5 Å². The third-order valence-electron chi connectivity index (χ3n) is 2.69. The van der Waals surface area contributed by atoms with Crippen LogP contribution in [0.4, 0.5) is 0 Å². The van der Waals surface area contributed by atoms with Crippen LogP contribution in [0.5, 0.6) is 0 Å². The van der Waals surface area contributed by atoms with Crippen molar-refractivity contribution in [2.45, 2.75) is 20.4 Å². The Hall–Kier alpha value is -1.26. The molecule has 0 amide bonds. The van der Waals surface area contributed by atoms with E-state index in [1.165, 1.54) is 0 Å². The topological polar surface area (TPSA) is 37.8 Å². The minimum absolute atomic E-state index is 0.643. The van der Waals surface area contributed by atoms with Crippen LogP contribution in [0.2, 0.25) is 0 Å². The van der Waals surface area contributed by atoms with Gasteiger partial charge in [0.15, 0.2) is 5.82 Å². The molecule has 0 aliphatic carbocycles. The molecule has 0 aliphatic heterocycles. The Labute approximate surface area is 122 Å². The minimum atomic E-state index is 0.643. The summed E-state index contributed by atoms with van der Waals surface area (Å²) in [5, 5.41) is 3.39. The van der Waals surface area contributed by atoms with Crippen LogP contribution < -0.4 is 5.32 Å². The van der Waals surface area contributed by atoms with Gasteiger partial charge in [-0.05, 0) is 24.6 Å². The summed E-state index contributed by atoms with van der Waals surface area (Å²) < 4.78 is 1.02. The maximum absolute atomic E-state index is 4.60. The second-order valence-corrected chi connectivity index (χ2v) is 5.73. The maximum Gasteiger partial charge on any atom is 0.160 e. The maximum atomic E-state index is 4.60. The second-order valence-electron chi connectivity index (χ2n) is 4.88. The fourth-order valence-corrected chi connectivity index (χ4v) is 2.22. The Morgan fingerprint density at radius 2 is 2.00 bits per heavy atom. The summed E-state index contributed by atoms with van der Waals surface area (Å²) in [4.78, 5) is 8.94. The van der Waals surface area contributed by atoms with Crippen molar-refractivity contribution in [3.05, 3.63) is 46.7 Å². The van der Waals surface area contributed by atoms with Crippen molar-refractivity contribution in [3.8, 4) is 11.4 Å². The van der Waals surface area contributed by atoms with Gasteiger partial charge >= 0.3 is 0 Å². The number of rotatable bonds is 5. The van der Waals surface area contributed by atoms with Gasteiger partial charge in [-0.15, -0.1) is 0 Å². The molecule has 100 valence electrons. The molecule has 2 aromatic rings. The molecule has 3 nitrogen and oxygen atoms in total. The third-order valence-corrected chi connectivity index (χ3v) is 3.38. The van der Waals surface area contributed by atoms with E-state index in [9.17, 15) is 0 Å². The van der Waals surface area contributed by atoms with Crippen LogP contribution >= 0.6 is 15.9 Å². The lowest BCUT2D eigenvalue weighted by molar-refractivity contribution is 0.548. The van der Waals surface area contributed by atoms with Gasteiger partial charge in [-0.25, -0.2) is 9.97 Å². The van der Waals surface area contributed by atoms with Gasteiger partial charge in [0.25, 0.3) is 0 Å². The van der Waals surface area contributed by atoms with Crippen molar-refractivity contribution >= 4 is 15.9 Å². The van der Waals surface area contributed by atoms with Gasteiger partial charge < -0.3 is 5.32 Å². The Balaban J connectivity index is 2.13. The van der Waals surface area contributed by atoms with E-state index in [1.807, 2.05) is 36.5 Å². The first-order valence-electron chi connectivity index (χ1n) is 6.44. The molecule has 0 spiro atoms. The van der Waals surface area contributed by atoms with Crippen molar-refractivity contribution in [2.24, 2.45) is 5.92 Å². The predicted octanol–water partition coefficient (Wildman–Crippen LogP) is 3.65. The molecule has 1 heterocycles. The number of hydrogen-bond donors (Lipinski definition) is 1. The number of halogens is 1. The molecule has 1 aromatic carbocycles. The normalized spacial score (nSPS) is 10.9. The zero-order chi connectivity index (χ0) is 13.7. The molecule has 0 unspecified atom stereocenters. The van der Waals surface area contributed by atoms with Gasteiger partial charge in [0.1, 0.15) is 0 Å². The van der Waals surface area contributed by atoms with E-state index in [0.29, 0.717) is 5.92 Å². The molecule has 2 rings (SSSR count). The molecule has 0 aliphatic rings. The van der Waals surface area contributed by atoms with E-state index in [4.69, 9.17) is 0 Å². The van der Waals surface area contributed by atoms with Crippen LogP contribution in [0.15, 0.2) is 41.0 Å². The lowest BCUT2D eigenvalue weighted by Crippen LogP contribution is -2.19. The van der Waals surface area contributed by atoms with E-state index in [1.54, 1.807) is 0 Å². The van der Waals surface area contributed by atoms with Crippen molar-refractivity contribution in [1.82, 2.24) is 15.3 Å². The van der Waals surface area contributed by atoms with Gasteiger partial charge in [0.05, 0.1) is 5.69 Å². The molecular formula is C15H18BrN3. The van der Waals surface area contributed by atoms with E-state index in [2.05, 4.69) is 45.1 Å². The average molecular weight is 320 g/mol. The molecule has 19 heavy (non-hydrogen) atoms. The molecule has 0 saturated carbocycles. The average Bonchev–Trinajstić information content (AvgIpc) is 2.39. The highest BCUT2D eigenvalue weighted by Gasteiger charge is 2.06. The smallest absolute Gasteiger partial charge is 0.160 e. The molecule has 1 N–H and O–H groups in total. The van der Waals surface area contributed by atoms with Crippen LogP contribution in [0.3, 0.4) is 0 Å².